The molecular weight excluding hydrogens is 257 g/mol. The normalized spacial score (nSPS) is 15.9. The summed E-state index contributed by atoms with van der Waals surface area (Å²) in [6.07, 6.45) is 0.207. The van der Waals surface area contributed by atoms with Crippen LogP contribution < -0.4 is 0 Å². The Balaban J connectivity index is 2.72. The van der Waals surface area contributed by atoms with Crippen LogP contribution in [0.25, 0.3) is 0 Å². The topological polar surface area (TPSA) is 89.7 Å². The lowest BCUT2D eigenvalue weighted by molar-refractivity contribution is -0.384. The number of rotatable bonds is 6. The van der Waals surface area contributed by atoms with Crippen LogP contribution in [0.5, 0.6) is 0 Å². The first kappa shape index (κ1) is 14.8. The zero-order valence-corrected chi connectivity index (χ0v) is 11.2. The third kappa shape index (κ3) is 4.56. The summed E-state index contributed by atoms with van der Waals surface area (Å²) < 4.78 is 16.8. The van der Waals surface area contributed by atoms with E-state index in [1.807, 2.05) is 6.92 Å². The SMILES string of the molecule is CCC(C)OP(=O)(O)Cc1ccc([N+](=O)[O-])cc1. The minimum Gasteiger partial charge on any atom is -0.324 e. The Hall–Kier alpha value is -1.23. The second-order valence-electron chi connectivity index (χ2n) is 4.04. The van der Waals surface area contributed by atoms with Gasteiger partial charge >= 0.3 is 7.60 Å². The molecule has 7 heteroatoms. The quantitative estimate of drug-likeness (QED) is 0.488. The van der Waals surface area contributed by atoms with Gasteiger partial charge in [0.1, 0.15) is 0 Å². The Labute approximate surface area is 105 Å². The van der Waals surface area contributed by atoms with E-state index in [9.17, 15) is 19.6 Å². The lowest BCUT2D eigenvalue weighted by Crippen LogP contribution is -2.05. The largest absolute Gasteiger partial charge is 0.332 e. The Morgan fingerprint density at radius 1 is 1.44 bits per heavy atom. The van der Waals surface area contributed by atoms with Crippen molar-refractivity contribution in [3.05, 3.63) is 39.9 Å². The molecule has 0 saturated carbocycles. The van der Waals surface area contributed by atoms with Crippen molar-refractivity contribution in [1.82, 2.24) is 0 Å². The Bertz CT molecular complexity index is 459. The van der Waals surface area contributed by atoms with E-state index in [0.29, 0.717) is 12.0 Å². The summed E-state index contributed by atoms with van der Waals surface area (Å²) >= 11 is 0. The molecule has 0 saturated heterocycles. The number of non-ortho nitro benzene ring substituents is 1. The van der Waals surface area contributed by atoms with Crippen LogP contribution in [-0.4, -0.2) is 15.9 Å². The average molecular weight is 273 g/mol. The van der Waals surface area contributed by atoms with Crippen LogP contribution in [0.15, 0.2) is 24.3 Å². The summed E-state index contributed by atoms with van der Waals surface area (Å²) in [5, 5.41) is 10.5. The summed E-state index contributed by atoms with van der Waals surface area (Å²) in [6, 6.07) is 5.53. The van der Waals surface area contributed by atoms with E-state index in [-0.39, 0.29) is 18.0 Å². The van der Waals surface area contributed by atoms with Crippen LogP contribution in [0.3, 0.4) is 0 Å². The Kier molecular flexibility index (Phi) is 5.02. The van der Waals surface area contributed by atoms with Gasteiger partial charge in [0, 0.05) is 12.1 Å². The minimum atomic E-state index is -3.70. The van der Waals surface area contributed by atoms with Crippen LogP contribution in [0.4, 0.5) is 5.69 Å². The Morgan fingerprint density at radius 2 is 2.00 bits per heavy atom. The van der Waals surface area contributed by atoms with Gasteiger partial charge in [0.2, 0.25) is 0 Å². The van der Waals surface area contributed by atoms with Crippen molar-refractivity contribution in [2.75, 3.05) is 0 Å². The summed E-state index contributed by atoms with van der Waals surface area (Å²) in [4.78, 5) is 19.6. The third-order valence-corrected chi connectivity index (χ3v) is 3.90. The van der Waals surface area contributed by atoms with E-state index in [1.54, 1.807) is 6.92 Å². The van der Waals surface area contributed by atoms with E-state index in [2.05, 4.69) is 0 Å². The first-order chi connectivity index (χ1) is 8.34. The molecule has 0 spiro atoms. The molecule has 0 fully saturated rings. The highest BCUT2D eigenvalue weighted by Crippen LogP contribution is 2.47. The fourth-order valence-corrected chi connectivity index (χ4v) is 2.80. The molecule has 2 atom stereocenters. The molecular formula is C11H16NO5P. The first-order valence-corrected chi connectivity index (χ1v) is 7.34. The smallest absolute Gasteiger partial charge is 0.324 e. The van der Waals surface area contributed by atoms with Gasteiger partial charge in [-0.2, -0.15) is 0 Å². The van der Waals surface area contributed by atoms with Crippen molar-refractivity contribution in [3.63, 3.8) is 0 Å². The summed E-state index contributed by atoms with van der Waals surface area (Å²) in [5.41, 5.74) is 0.490. The number of hydrogen-bond acceptors (Lipinski definition) is 4. The third-order valence-electron chi connectivity index (χ3n) is 2.45. The monoisotopic (exact) mass is 273 g/mol. The zero-order chi connectivity index (χ0) is 13.8. The molecule has 18 heavy (non-hydrogen) atoms. The number of nitrogens with zero attached hydrogens (tertiary/aromatic N) is 1. The van der Waals surface area contributed by atoms with Crippen LogP contribution in [0.2, 0.25) is 0 Å². The minimum absolute atomic E-state index is 0.0469. The van der Waals surface area contributed by atoms with Crippen molar-refractivity contribution in [2.24, 2.45) is 0 Å². The summed E-state index contributed by atoms with van der Waals surface area (Å²) in [6.45, 7) is 3.58. The standard InChI is InChI=1S/C11H16NO5P/c1-3-9(2)17-18(15,16)8-10-4-6-11(7-5-10)12(13)14/h4-7,9H,3,8H2,1-2H3,(H,15,16). The van der Waals surface area contributed by atoms with Crippen molar-refractivity contribution >= 4 is 13.3 Å². The maximum atomic E-state index is 11.8. The molecule has 0 bridgehead atoms. The maximum Gasteiger partial charge on any atom is 0.332 e. The fraction of sp³-hybridized carbons (Fsp3) is 0.455. The summed E-state index contributed by atoms with van der Waals surface area (Å²) in [7, 11) is -3.70. The number of benzene rings is 1. The maximum absolute atomic E-state index is 11.8. The first-order valence-electron chi connectivity index (χ1n) is 5.57. The number of nitro benzene ring substituents is 1. The van der Waals surface area contributed by atoms with Crippen LogP contribution in [0, 0.1) is 10.1 Å². The van der Waals surface area contributed by atoms with Crippen LogP contribution in [-0.2, 0) is 15.3 Å². The Morgan fingerprint density at radius 3 is 2.44 bits per heavy atom. The van der Waals surface area contributed by atoms with Crippen molar-refractivity contribution < 1.29 is 18.9 Å². The molecule has 1 aromatic rings. The van der Waals surface area contributed by atoms with Crippen molar-refractivity contribution in [2.45, 2.75) is 32.5 Å². The van der Waals surface area contributed by atoms with Gasteiger partial charge in [0.25, 0.3) is 5.69 Å². The van der Waals surface area contributed by atoms with Gasteiger partial charge in [-0.25, -0.2) is 0 Å². The molecule has 1 aromatic carbocycles. The highest BCUT2D eigenvalue weighted by Gasteiger charge is 2.22. The van der Waals surface area contributed by atoms with Gasteiger partial charge < -0.3 is 9.42 Å². The lowest BCUT2D eigenvalue weighted by atomic mass is 10.2. The molecule has 6 nitrogen and oxygen atoms in total. The van der Waals surface area contributed by atoms with Crippen molar-refractivity contribution in [3.8, 4) is 0 Å². The highest BCUT2D eigenvalue weighted by molar-refractivity contribution is 7.51. The number of nitro groups is 1. The second-order valence-corrected chi connectivity index (χ2v) is 5.85. The molecule has 0 amide bonds. The molecule has 0 aliphatic rings. The molecule has 1 N–H and O–H groups in total. The highest BCUT2D eigenvalue weighted by atomic mass is 31.2. The predicted octanol–water partition coefficient (Wildman–Crippen LogP) is 3.10. The predicted molar refractivity (Wildman–Crippen MR) is 67.5 cm³/mol. The molecule has 0 radical (unpaired) electrons. The summed E-state index contributed by atoms with van der Waals surface area (Å²) in [5.74, 6) is 0. The average Bonchev–Trinajstić information content (AvgIpc) is 2.28. The second kappa shape index (κ2) is 6.09. The van der Waals surface area contributed by atoms with Gasteiger partial charge in [-0.1, -0.05) is 19.1 Å². The van der Waals surface area contributed by atoms with E-state index < -0.39 is 12.5 Å². The van der Waals surface area contributed by atoms with E-state index in [1.165, 1.54) is 24.3 Å². The molecule has 0 aromatic heterocycles. The van der Waals surface area contributed by atoms with E-state index >= 15 is 0 Å². The van der Waals surface area contributed by atoms with Crippen LogP contribution >= 0.6 is 7.60 Å². The fourth-order valence-electron chi connectivity index (χ4n) is 1.35. The van der Waals surface area contributed by atoms with Gasteiger partial charge in [-0.05, 0) is 18.9 Å². The molecule has 2 unspecified atom stereocenters. The van der Waals surface area contributed by atoms with Gasteiger partial charge in [0.15, 0.2) is 0 Å². The van der Waals surface area contributed by atoms with Gasteiger partial charge in [0.05, 0.1) is 17.2 Å². The molecule has 0 heterocycles. The van der Waals surface area contributed by atoms with E-state index in [4.69, 9.17) is 4.52 Å². The molecule has 100 valence electrons. The lowest BCUT2D eigenvalue weighted by Gasteiger charge is -2.16. The molecule has 0 aliphatic heterocycles. The van der Waals surface area contributed by atoms with Crippen LogP contribution in [0.1, 0.15) is 25.8 Å². The zero-order valence-electron chi connectivity index (χ0n) is 10.3. The molecule has 1 rings (SSSR count). The van der Waals surface area contributed by atoms with Gasteiger partial charge in [-0.15, -0.1) is 0 Å². The van der Waals surface area contributed by atoms with E-state index in [0.717, 1.165) is 0 Å². The van der Waals surface area contributed by atoms with Crippen molar-refractivity contribution in [1.29, 1.82) is 0 Å². The number of hydrogen-bond donors (Lipinski definition) is 1. The molecule has 0 aliphatic carbocycles. The van der Waals surface area contributed by atoms with Gasteiger partial charge in [-0.3, -0.25) is 14.7 Å².